The number of rotatable bonds is 11. The van der Waals surface area contributed by atoms with Crippen molar-refractivity contribution in [3.63, 3.8) is 0 Å². The minimum Gasteiger partial charge on any atom is -0.491 e. The highest BCUT2D eigenvalue weighted by atomic mass is 35.5. The summed E-state index contributed by atoms with van der Waals surface area (Å²) in [5.74, 6) is 0.251. The van der Waals surface area contributed by atoms with E-state index in [1.165, 1.54) is 4.90 Å². The maximum Gasteiger partial charge on any atom is 0.258 e. The van der Waals surface area contributed by atoms with E-state index in [4.69, 9.17) is 16.3 Å². The lowest BCUT2D eigenvalue weighted by Crippen LogP contribution is -2.47. The number of nitrogens with zero attached hydrogens (tertiary/aromatic N) is 3. The zero-order valence-electron chi connectivity index (χ0n) is 24.6. The van der Waals surface area contributed by atoms with Crippen LogP contribution in [0.1, 0.15) is 52.0 Å². The molecule has 0 unspecified atom stereocenters. The van der Waals surface area contributed by atoms with E-state index in [2.05, 4.69) is 17.3 Å². The maximum absolute atomic E-state index is 13.3. The van der Waals surface area contributed by atoms with Crippen molar-refractivity contribution in [2.24, 2.45) is 0 Å². The second-order valence-corrected chi connectivity index (χ2v) is 11.2. The van der Waals surface area contributed by atoms with Crippen LogP contribution < -0.4 is 15.0 Å². The lowest BCUT2D eigenvalue weighted by molar-refractivity contribution is -0.132. The summed E-state index contributed by atoms with van der Waals surface area (Å²) in [4.78, 5) is 44.1. The number of carbonyl (C=O) groups excluding carboxylic acids is 3. The minimum atomic E-state index is -0.247. The van der Waals surface area contributed by atoms with Gasteiger partial charge in [-0.1, -0.05) is 29.3 Å². The van der Waals surface area contributed by atoms with Gasteiger partial charge >= 0.3 is 0 Å². The molecule has 0 atom stereocenters. The summed E-state index contributed by atoms with van der Waals surface area (Å²) in [5.41, 5.74) is 3.31. The first-order valence-electron chi connectivity index (χ1n) is 14.4. The second-order valence-electron chi connectivity index (χ2n) is 10.7. The summed E-state index contributed by atoms with van der Waals surface area (Å²) in [5, 5.41) is 3.38. The molecule has 1 aliphatic rings. The number of carbonyl (C=O) groups is 3. The molecule has 1 aliphatic heterocycles. The zero-order valence-corrected chi connectivity index (χ0v) is 25.3. The Morgan fingerprint density at radius 2 is 1.55 bits per heavy atom. The van der Waals surface area contributed by atoms with E-state index in [9.17, 15) is 14.4 Å². The molecule has 3 aromatic carbocycles. The van der Waals surface area contributed by atoms with E-state index >= 15 is 0 Å². The Hall–Kier alpha value is -3.88. The lowest BCUT2D eigenvalue weighted by atomic mass is 10.1. The highest BCUT2D eigenvalue weighted by Crippen LogP contribution is 2.32. The molecule has 8 nitrogen and oxygen atoms in total. The number of nitrogens with one attached hydrogen (secondary N) is 1. The number of piperazine rings is 1. The lowest BCUT2D eigenvalue weighted by Gasteiger charge is -2.32. The predicted octanol–water partition coefficient (Wildman–Crippen LogP) is 5.89. The summed E-state index contributed by atoms with van der Waals surface area (Å²) >= 11 is 6.24. The Balaban J connectivity index is 1.28. The van der Waals surface area contributed by atoms with Crippen molar-refractivity contribution in [3.05, 3.63) is 88.4 Å². The van der Waals surface area contributed by atoms with Crippen molar-refractivity contribution >= 4 is 40.7 Å². The van der Waals surface area contributed by atoms with Gasteiger partial charge in [-0.3, -0.25) is 14.4 Å². The van der Waals surface area contributed by atoms with Gasteiger partial charge in [0.25, 0.3) is 11.8 Å². The van der Waals surface area contributed by atoms with Gasteiger partial charge in [0.2, 0.25) is 5.91 Å². The molecule has 0 radical (unpaired) electrons. The van der Waals surface area contributed by atoms with Gasteiger partial charge in [0, 0.05) is 67.6 Å². The summed E-state index contributed by atoms with van der Waals surface area (Å²) in [7, 11) is 3.76. The van der Waals surface area contributed by atoms with Crippen LogP contribution >= 0.6 is 11.6 Å². The predicted molar refractivity (Wildman–Crippen MR) is 168 cm³/mol. The molecule has 0 aliphatic carbocycles. The fourth-order valence-corrected chi connectivity index (χ4v) is 4.90. The van der Waals surface area contributed by atoms with E-state index < -0.39 is 0 Å². The van der Waals surface area contributed by atoms with Crippen LogP contribution in [0, 0.1) is 6.92 Å². The third-order valence-corrected chi connectivity index (χ3v) is 7.67. The molecular weight excluding hydrogens is 552 g/mol. The average Bonchev–Trinajstić information content (AvgIpc) is 2.99. The van der Waals surface area contributed by atoms with Crippen LogP contribution in [0.15, 0.2) is 66.7 Å². The molecule has 1 heterocycles. The Morgan fingerprint density at radius 1 is 0.881 bits per heavy atom. The summed E-state index contributed by atoms with van der Waals surface area (Å²) in [6, 6.07) is 19.3. The van der Waals surface area contributed by atoms with Gasteiger partial charge < -0.3 is 24.8 Å². The average molecular weight is 591 g/mol. The molecule has 9 heteroatoms. The monoisotopic (exact) mass is 590 g/mol. The number of ether oxygens (including phenoxy) is 1. The van der Waals surface area contributed by atoms with Crippen LogP contribution in [-0.2, 0) is 4.79 Å². The maximum atomic E-state index is 13.3. The topological polar surface area (TPSA) is 82.2 Å². The molecule has 0 aromatic heterocycles. The molecule has 222 valence electrons. The number of halogens is 1. The molecular formula is C33H39ClN4O4. The number of likely N-dealkylation sites (N-methyl/N-ethyl adjacent to an activating group) is 1. The van der Waals surface area contributed by atoms with E-state index in [0.29, 0.717) is 46.3 Å². The highest BCUT2D eigenvalue weighted by Gasteiger charge is 2.20. The van der Waals surface area contributed by atoms with Crippen LogP contribution in [0.4, 0.5) is 11.4 Å². The number of hydrogen-bond donors (Lipinski definition) is 1. The van der Waals surface area contributed by atoms with Gasteiger partial charge in [0.15, 0.2) is 0 Å². The van der Waals surface area contributed by atoms with Crippen LogP contribution in [0.3, 0.4) is 0 Å². The Morgan fingerprint density at radius 3 is 2.24 bits per heavy atom. The first-order valence-corrected chi connectivity index (χ1v) is 14.7. The van der Waals surface area contributed by atoms with Gasteiger partial charge in [0.1, 0.15) is 5.75 Å². The summed E-state index contributed by atoms with van der Waals surface area (Å²) < 4.78 is 6.04. The van der Waals surface area contributed by atoms with Gasteiger partial charge in [-0.25, -0.2) is 0 Å². The van der Waals surface area contributed by atoms with Crippen molar-refractivity contribution < 1.29 is 19.1 Å². The zero-order chi connectivity index (χ0) is 30.1. The first-order chi connectivity index (χ1) is 20.2. The summed E-state index contributed by atoms with van der Waals surface area (Å²) in [6.07, 6.45) is 3.02. The van der Waals surface area contributed by atoms with E-state index in [1.807, 2.05) is 36.1 Å². The van der Waals surface area contributed by atoms with Crippen molar-refractivity contribution in [3.8, 4) is 5.75 Å². The Kier molecular flexibility index (Phi) is 11.0. The smallest absolute Gasteiger partial charge is 0.258 e. The van der Waals surface area contributed by atoms with Crippen molar-refractivity contribution in [1.29, 1.82) is 0 Å². The highest BCUT2D eigenvalue weighted by molar-refractivity contribution is 6.30. The molecule has 0 spiro atoms. The molecule has 3 aromatic rings. The van der Waals surface area contributed by atoms with Crippen LogP contribution in [0.5, 0.6) is 5.75 Å². The Bertz CT molecular complexity index is 1370. The van der Waals surface area contributed by atoms with Crippen molar-refractivity contribution in [1.82, 2.24) is 9.80 Å². The number of amides is 3. The van der Waals surface area contributed by atoms with Gasteiger partial charge in [-0.2, -0.15) is 0 Å². The largest absolute Gasteiger partial charge is 0.491 e. The molecule has 1 N–H and O–H groups in total. The number of anilines is 2. The molecule has 0 bridgehead atoms. The number of benzene rings is 3. The van der Waals surface area contributed by atoms with Gasteiger partial charge in [-0.15, -0.1) is 0 Å². The minimum absolute atomic E-state index is 0.223. The fraction of sp³-hybridized carbons (Fsp3) is 0.364. The molecule has 1 fully saturated rings. The molecule has 4 rings (SSSR count). The number of hydrogen-bond acceptors (Lipinski definition) is 5. The third kappa shape index (κ3) is 8.57. The first kappa shape index (κ1) is 31.1. The standard InChI is InChI=1S/C33H39ClN4O4/c1-24-8-15-28(16-9-24)35-32(40)25-10-12-26(13-11-25)33(41)37(3)29-17-14-27(34)23-30(29)42-22-6-4-5-7-31(39)38-20-18-36(2)19-21-38/h8-17,23H,4-7,18-22H2,1-3H3,(H,35,40). The molecule has 42 heavy (non-hydrogen) atoms. The van der Waals surface area contributed by atoms with Crippen LogP contribution in [-0.4, -0.2) is 74.4 Å². The van der Waals surface area contributed by atoms with Gasteiger partial charge in [-0.05, 0) is 81.8 Å². The molecule has 1 saturated heterocycles. The van der Waals surface area contributed by atoms with Gasteiger partial charge in [0.05, 0.1) is 12.3 Å². The second kappa shape index (κ2) is 14.8. The summed E-state index contributed by atoms with van der Waals surface area (Å²) in [6.45, 7) is 5.89. The van der Waals surface area contributed by atoms with E-state index in [1.54, 1.807) is 49.5 Å². The fourth-order valence-electron chi connectivity index (χ4n) is 4.74. The third-order valence-electron chi connectivity index (χ3n) is 7.44. The quantitative estimate of drug-likeness (QED) is 0.282. The van der Waals surface area contributed by atoms with Crippen LogP contribution in [0.2, 0.25) is 5.02 Å². The SMILES string of the molecule is Cc1ccc(NC(=O)c2ccc(C(=O)N(C)c3ccc(Cl)cc3OCCCCCC(=O)N3CCN(C)CC3)cc2)cc1. The normalized spacial score (nSPS) is 13.5. The molecule has 0 saturated carbocycles. The van der Waals surface area contributed by atoms with Crippen molar-refractivity contribution in [2.45, 2.75) is 32.6 Å². The Labute approximate surface area is 253 Å². The number of aryl methyl sites for hydroxylation is 1. The molecule has 3 amide bonds. The van der Waals surface area contributed by atoms with Crippen molar-refractivity contribution in [2.75, 3.05) is 57.1 Å². The number of unbranched alkanes of at least 4 members (excludes halogenated alkanes) is 2. The van der Waals surface area contributed by atoms with E-state index in [0.717, 1.165) is 51.0 Å². The van der Waals surface area contributed by atoms with E-state index in [-0.39, 0.29) is 17.7 Å². The van der Waals surface area contributed by atoms with Crippen LogP contribution in [0.25, 0.3) is 0 Å².